The SMILES string of the molecule is C[C@@H]1Cc2c(C(=O)N3CCC(c4ccc(C#N)cn4)CC3)nn(C)c2[C@H](C)O1. The van der Waals surface area contributed by atoms with Gasteiger partial charge in [-0.05, 0) is 38.8 Å². The summed E-state index contributed by atoms with van der Waals surface area (Å²) in [6.07, 6.45) is 4.13. The summed E-state index contributed by atoms with van der Waals surface area (Å²) in [7, 11) is 1.88. The topological polar surface area (TPSA) is 84.0 Å². The fraction of sp³-hybridized carbons (Fsp3) is 0.524. The first-order valence-corrected chi connectivity index (χ1v) is 9.84. The van der Waals surface area contributed by atoms with E-state index in [9.17, 15) is 4.79 Å². The third kappa shape index (κ3) is 3.29. The molecule has 4 rings (SSSR count). The van der Waals surface area contributed by atoms with Gasteiger partial charge < -0.3 is 9.64 Å². The van der Waals surface area contributed by atoms with E-state index in [0.717, 1.165) is 36.2 Å². The molecular weight excluding hydrogens is 354 g/mol. The molecule has 146 valence electrons. The maximum absolute atomic E-state index is 13.2. The van der Waals surface area contributed by atoms with Gasteiger partial charge in [0.15, 0.2) is 5.69 Å². The number of likely N-dealkylation sites (tertiary alicyclic amines) is 1. The fourth-order valence-corrected chi connectivity index (χ4v) is 4.45. The van der Waals surface area contributed by atoms with Crippen molar-refractivity contribution >= 4 is 5.91 Å². The highest BCUT2D eigenvalue weighted by Gasteiger charge is 2.34. The Kier molecular flexibility index (Phi) is 4.90. The molecule has 2 aromatic heterocycles. The van der Waals surface area contributed by atoms with Gasteiger partial charge in [-0.15, -0.1) is 0 Å². The van der Waals surface area contributed by atoms with Crippen LogP contribution in [-0.2, 0) is 18.2 Å². The van der Waals surface area contributed by atoms with E-state index in [2.05, 4.69) is 16.2 Å². The van der Waals surface area contributed by atoms with Crippen molar-refractivity contribution in [2.45, 2.75) is 51.2 Å². The number of hydrogen-bond donors (Lipinski definition) is 0. The molecular formula is C21H25N5O2. The second-order valence-corrected chi connectivity index (χ2v) is 7.78. The number of nitriles is 1. The zero-order valence-electron chi connectivity index (χ0n) is 16.6. The van der Waals surface area contributed by atoms with Crippen molar-refractivity contribution in [3.63, 3.8) is 0 Å². The summed E-state index contributed by atoms with van der Waals surface area (Å²) >= 11 is 0. The zero-order chi connectivity index (χ0) is 19.8. The van der Waals surface area contributed by atoms with Crippen molar-refractivity contribution < 1.29 is 9.53 Å². The molecule has 7 nitrogen and oxygen atoms in total. The number of pyridine rings is 1. The largest absolute Gasteiger partial charge is 0.369 e. The Morgan fingerprint density at radius 2 is 2.04 bits per heavy atom. The van der Waals surface area contributed by atoms with E-state index in [1.54, 1.807) is 10.9 Å². The van der Waals surface area contributed by atoms with Crippen molar-refractivity contribution in [1.29, 1.82) is 5.26 Å². The number of aromatic nitrogens is 3. The molecule has 0 radical (unpaired) electrons. The molecule has 0 bridgehead atoms. The van der Waals surface area contributed by atoms with Crippen LogP contribution in [0.3, 0.4) is 0 Å². The predicted molar refractivity (Wildman–Crippen MR) is 103 cm³/mol. The second-order valence-electron chi connectivity index (χ2n) is 7.78. The first kappa shape index (κ1) is 18.6. The van der Waals surface area contributed by atoms with Gasteiger partial charge in [0.25, 0.3) is 5.91 Å². The van der Waals surface area contributed by atoms with Crippen molar-refractivity contribution in [1.82, 2.24) is 19.7 Å². The Labute approximate surface area is 164 Å². The lowest BCUT2D eigenvalue weighted by Crippen LogP contribution is -2.39. The highest BCUT2D eigenvalue weighted by Crippen LogP contribution is 2.33. The van der Waals surface area contributed by atoms with Crippen LogP contribution in [-0.4, -0.2) is 44.8 Å². The summed E-state index contributed by atoms with van der Waals surface area (Å²) in [4.78, 5) is 19.5. The molecule has 0 spiro atoms. The average Bonchev–Trinajstić information content (AvgIpc) is 3.04. The Balaban J connectivity index is 1.48. The molecule has 2 atom stereocenters. The molecule has 0 N–H and O–H groups in total. The standard InChI is InChI=1S/C21H25N5O2/c1-13-10-17-19(24-25(3)20(17)14(2)28-13)21(27)26-8-6-16(7-9-26)18-5-4-15(11-22)12-23-18/h4-5,12-14,16H,6-10H2,1-3H3/t13-,14+/m1/s1. The molecule has 2 aromatic rings. The Morgan fingerprint density at radius 3 is 2.68 bits per heavy atom. The number of hydrogen-bond acceptors (Lipinski definition) is 5. The lowest BCUT2D eigenvalue weighted by atomic mass is 9.92. The molecule has 0 aromatic carbocycles. The van der Waals surface area contributed by atoms with Crippen molar-refractivity contribution in [3.8, 4) is 6.07 Å². The van der Waals surface area contributed by atoms with Crippen LogP contribution in [0.15, 0.2) is 18.3 Å². The number of aryl methyl sites for hydroxylation is 1. The molecule has 28 heavy (non-hydrogen) atoms. The molecule has 4 heterocycles. The van der Waals surface area contributed by atoms with Crippen molar-refractivity contribution in [2.75, 3.05) is 13.1 Å². The summed E-state index contributed by atoms with van der Waals surface area (Å²) in [5, 5.41) is 13.5. The highest BCUT2D eigenvalue weighted by atomic mass is 16.5. The molecule has 1 saturated heterocycles. The molecule has 1 fully saturated rings. The summed E-state index contributed by atoms with van der Waals surface area (Å²) in [6, 6.07) is 5.84. The van der Waals surface area contributed by atoms with E-state index in [4.69, 9.17) is 10.00 Å². The fourth-order valence-electron chi connectivity index (χ4n) is 4.45. The van der Waals surface area contributed by atoms with Crippen LogP contribution in [0.25, 0.3) is 0 Å². The first-order chi connectivity index (χ1) is 13.5. The Bertz CT molecular complexity index is 920. The van der Waals surface area contributed by atoms with Crippen LogP contribution >= 0.6 is 0 Å². The van der Waals surface area contributed by atoms with Gasteiger partial charge in [-0.3, -0.25) is 14.5 Å². The number of carbonyl (C=O) groups is 1. The summed E-state index contributed by atoms with van der Waals surface area (Å²) < 4.78 is 7.70. The number of rotatable bonds is 2. The molecule has 1 amide bonds. The molecule has 2 aliphatic rings. The minimum absolute atomic E-state index is 0.0180. The zero-order valence-corrected chi connectivity index (χ0v) is 16.6. The predicted octanol–water partition coefficient (Wildman–Crippen LogP) is 2.73. The summed E-state index contributed by atoms with van der Waals surface area (Å²) in [5.74, 6) is 0.340. The minimum atomic E-state index is -0.0500. The number of piperidine rings is 1. The van der Waals surface area contributed by atoms with E-state index in [1.807, 2.05) is 37.9 Å². The van der Waals surface area contributed by atoms with Crippen LogP contribution in [0.4, 0.5) is 0 Å². The summed E-state index contributed by atoms with van der Waals surface area (Å²) in [6.45, 7) is 5.44. The average molecular weight is 379 g/mol. The normalized spacial score (nSPS) is 22.6. The van der Waals surface area contributed by atoms with E-state index < -0.39 is 0 Å². The van der Waals surface area contributed by atoms with E-state index in [-0.39, 0.29) is 18.1 Å². The first-order valence-electron chi connectivity index (χ1n) is 9.84. The van der Waals surface area contributed by atoms with E-state index in [1.165, 1.54) is 0 Å². The molecule has 0 unspecified atom stereocenters. The van der Waals surface area contributed by atoms with E-state index >= 15 is 0 Å². The van der Waals surface area contributed by atoms with Crippen molar-refractivity contribution in [2.24, 2.45) is 7.05 Å². The molecule has 7 heteroatoms. The Morgan fingerprint density at radius 1 is 1.29 bits per heavy atom. The molecule has 2 aliphatic heterocycles. The van der Waals surface area contributed by atoms with Gasteiger partial charge in [0.1, 0.15) is 6.07 Å². The lowest BCUT2D eigenvalue weighted by molar-refractivity contribution is -0.00907. The maximum Gasteiger partial charge on any atom is 0.274 e. The van der Waals surface area contributed by atoms with Gasteiger partial charge in [0.2, 0.25) is 0 Å². The van der Waals surface area contributed by atoms with Gasteiger partial charge in [0.05, 0.1) is 23.5 Å². The number of carbonyl (C=O) groups excluding carboxylic acids is 1. The van der Waals surface area contributed by atoms with E-state index in [0.29, 0.717) is 30.3 Å². The number of nitrogens with zero attached hydrogens (tertiary/aromatic N) is 5. The van der Waals surface area contributed by atoms with Crippen LogP contribution in [0.1, 0.15) is 71.7 Å². The van der Waals surface area contributed by atoms with Crippen LogP contribution in [0.5, 0.6) is 0 Å². The van der Waals surface area contributed by atoms with Crippen LogP contribution < -0.4 is 0 Å². The van der Waals surface area contributed by atoms with Crippen LogP contribution in [0.2, 0.25) is 0 Å². The Hall–Kier alpha value is -2.72. The van der Waals surface area contributed by atoms with Gasteiger partial charge in [0, 0.05) is 49.9 Å². The third-order valence-corrected chi connectivity index (χ3v) is 5.83. The smallest absolute Gasteiger partial charge is 0.274 e. The molecule has 0 saturated carbocycles. The monoisotopic (exact) mass is 379 g/mol. The van der Waals surface area contributed by atoms with Gasteiger partial charge >= 0.3 is 0 Å². The maximum atomic E-state index is 13.2. The minimum Gasteiger partial charge on any atom is -0.369 e. The molecule has 0 aliphatic carbocycles. The number of fused-ring (bicyclic) bond motifs is 1. The van der Waals surface area contributed by atoms with Gasteiger partial charge in [-0.1, -0.05) is 0 Å². The summed E-state index contributed by atoms with van der Waals surface area (Å²) in [5.41, 5.74) is 4.20. The second kappa shape index (κ2) is 7.36. The number of amides is 1. The van der Waals surface area contributed by atoms with Gasteiger partial charge in [-0.2, -0.15) is 10.4 Å². The number of ether oxygens (including phenoxy) is 1. The highest BCUT2D eigenvalue weighted by molar-refractivity contribution is 5.94. The van der Waals surface area contributed by atoms with Gasteiger partial charge in [-0.25, -0.2) is 0 Å². The van der Waals surface area contributed by atoms with Crippen LogP contribution in [0, 0.1) is 11.3 Å². The lowest BCUT2D eigenvalue weighted by Gasteiger charge is -2.32. The third-order valence-electron chi connectivity index (χ3n) is 5.83. The van der Waals surface area contributed by atoms with Crippen molar-refractivity contribution in [3.05, 3.63) is 46.5 Å². The quantitative estimate of drug-likeness (QED) is 0.801.